The molecule has 3 aromatic rings. The van der Waals surface area contributed by atoms with Gasteiger partial charge in [-0.3, -0.25) is 9.10 Å². The molecule has 29 heavy (non-hydrogen) atoms. The van der Waals surface area contributed by atoms with Gasteiger partial charge in [-0.2, -0.15) is 0 Å². The molecule has 7 heteroatoms. The predicted molar refractivity (Wildman–Crippen MR) is 119 cm³/mol. The van der Waals surface area contributed by atoms with Crippen LogP contribution >= 0.6 is 11.8 Å². The van der Waals surface area contributed by atoms with E-state index in [9.17, 15) is 13.2 Å². The molecule has 0 bridgehead atoms. The van der Waals surface area contributed by atoms with Gasteiger partial charge in [-0.15, -0.1) is 0 Å². The molecule has 0 radical (unpaired) electrons. The third kappa shape index (κ3) is 5.40. The molecule has 0 unspecified atom stereocenters. The average Bonchev–Trinajstić information content (AvgIpc) is 2.70. The second-order valence-corrected chi connectivity index (χ2v) is 9.45. The Morgan fingerprint density at radius 1 is 0.897 bits per heavy atom. The van der Waals surface area contributed by atoms with E-state index >= 15 is 0 Å². The molecule has 0 aliphatic carbocycles. The molecule has 0 spiro atoms. The first-order valence-electron chi connectivity index (χ1n) is 9.03. The Labute approximate surface area is 175 Å². The summed E-state index contributed by atoms with van der Waals surface area (Å²) in [6.07, 6.45) is 1.10. The van der Waals surface area contributed by atoms with Crippen LogP contribution < -0.4 is 9.62 Å². The number of carbonyl (C=O) groups is 1. The zero-order valence-electron chi connectivity index (χ0n) is 16.1. The summed E-state index contributed by atoms with van der Waals surface area (Å²) in [5.74, 6) is -0.402. The summed E-state index contributed by atoms with van der Waals surface area (Å²) < 4.78 is 25.9. The summed E-state index contributed by atoms with van der Waals surface area (Å²) >= 11 is 1.53. The molecule has 0 fully saturated rings. The molecule has 0 aromatic heterocycles. The van der Waals surface area contributed by atoms with Crippen molar-refractivity contribution in [2.75, 3.05) is 15.9 Å². The SMILES string of the molecule is C[C@@H](C(=O)Nc1ccccc1Sc1ccccc1)N(c1ccccc1)S(C)(=O)=O. The lowest BCUT2D eigenvalue weighted by Crippen LogP contribution is -2.45. The zero-order valence-corrected chi connectivity index (χ0v) is 17.8. The zero-order chi connectivity index (χ0) is 20.9. The molecule has 0 aliphatic rings. The minimum absolute atomic E-state index is 0.402. The molecule has 3 rings (SSSR count). The Morgan fingerprint density at radius 3 is 2.07 bits per heavy atom. The Balaban J connectivity index is 1.84. The van der Waals surface area contributed by atoms with Crippen molar-refractivity contribution in [2.24, 2.45) is 0 Å². The summed E-state index contributed by atoms with van der Waals surface area (Å²) in [6.45, 7) is 1.58. The standard InChI is InChI=1S/C22H22N2O3S2/c1-17(24(29(2,26)27)18-11-5-3-6-12-18)22(25)23-20-15-9-10-16-21(20)28-19-13-7-4-8-14-19/h3-17H,1-2H3,(H,23,25)/t17-/m0/s1. The molecule has 150 valence electrons. The van der Waals surface area contributed by atoms with E-state index in [-0.39, 0.29) is 0 Å². The summed E-state index contributed by atoms with van der Waals surface area (Å²) in [5.41, 5.74) is 1.09. The molecule has 1 amide bonds. The van der Waals surface area contributed by atoms with E-state index in [1.54, 1.807) is 37.3 Å². The van der Waals surface area contributed by atoms with Gasteiger partial charge in [-0.1, -0.05) is 60.3 Å². The number of anilines is 2. The first kappa shape index (κ1) is 21.0. The van der Waals surface area contributed by atoms with E-state index in [0.29, 0.717) is 11.4 Å². The fourth-order valence-electron chi connectivity index (χ4n) is 2.90. The number of hydrogen-bond donors (Lipinski definition) is 1. The molecule has 3 aromatic carbocycles. The highest BCUT2D eigenvalue weighted by molar-refractivity contribution is 7.99. The molecule has 0 saturated heterocycles. The monoisotopic (exact) mass is 426 g/mol. The minimum atomic E-state index is -3.65. The number of para-hydroxylation sites is 2. The third-order valence-corrected chi connectivity index (χ3v) is 6.54. The van der Waals surface area contributed by atoms with E-state index in [1.807, 2.05) is 54.6 Å². The number of sulfonamides is 1. The highest BCUT2D eigenvalue weighted by Crippen LogP contribution is 2.33. The van der Waals surface area contributed by atoms with Crippen molar-refractivity contribution in [1.82, 2.24) is 0 Å². The fourth-order valence-corrected chi connectivity index (χ4v) is 4.99. The molecule has 0 heterocycles. The number of nitrogens with zero attached hydrogens (tertiary/aromatic N) is 1. The van der Waals surface area contributed by atoms with Crippen LogP contribution in [0.4, 0.5) is 11.4 Å². The van der Waals surface area contributed by atoms with Crippen LogP contribution in [0.3, 0.4) is 0 Å². The highest BCUT2D eigenvalue weighted by atomic mass is 32.2. The van der Waals surface area contributed by atoms with Crippen LogP contribution in [0, 0.1) is 0 Å². The number of rotatable bonds is 7. The third-order valence-electron chi connectivity index (χ3n) is 4.22. The minimum Gasteiger partial charge on any atom is -0.323 e. The van der Waals surface area contributed by atoms with Crippen LogP contribution in [0.1, 0.15) is 6.92 Å². The van der Waals surface area contributed by atoms with Gasteiger partial charge in [-0.25, -0.2) is 8.42 Å². The lowest BCUT2D eigenvalue weighted by Gasteiger charge is -2.28. The van der Waals surface area contributed by atoms with Crippen LogP contribution in [-0.4, -0.2) is 26.6 Å². The fraction of sp³-hybridized carbons (Fsp3) is 0.136. The van der Waals surface area contributed by atoms with Crippen molar-refractivity contribution in [3.63, 3.8) is 0 Å². The van der Waals surface area contributed by atoms with E-state index in [2.05, 4.69) is 5.32 Å². The van der Waals surface area contributed by atoms with Crippen molar-refractivity contribution in [2.45, 2.75) is 22.8 Å². The molecule has 0 saturated carbocycles. The van der Waals surface area contributed by atoms with Crippen molar-refractivity contribution in [3.05, 3.63) is 84.9 Å². The van der Waals surface area contributed by atoms with Gasteiger partial charge in [0, 0.05) is 9.79 Å². The van der Waals surface area contributed by atoms with E-state index in [4.69, 9.17) is 0 Å². The Bertz CT molecular complexity index is 1070. The van der Waals surface area contributed by atoms with E-state index < -0.39 is 22.0 Å². The summed E-state index contributed by atoms with van der Waals surface area (Å²) in [6, 6.07) is 25.0. The summed E-state index contributed by atoms with van der Waals surface area (Å²) in [4.78, 5) is 14.9. The average molecular weight is 427 g/mol. The maximum Gasteiger partial charge on any atom is 0.248 e. The Kier molecular flexibility index (Phi) is 6.61. The van der Waals surface area contributed by atoms with Crippen LogP contribution in [-0.2, 0) is 14.8 Å². The van der Waals surface area contributed by atoms with Crippen molar-refractivity contribution in [3.8, 4) is 0 Å². The van der Waals surface area contributed by atoms with Gasteiger partial charge in [0.1, 0.15) is 6.04 Å². The lowest BCUT2D eigenvalue weighted by molar-refractivity contribution is -0.116. The molecular weight excluding hydrogens is 404 g/mol. The van der Waals surface area contributed by atoms with Gasteiger partial charge in [0.05, 0.1) is 17.6 Å². The van der Waals surface area contributed by atoms with Gasteiger partial charge < -0.3 is 5.32 Å². The maximum atomic E-state index is 13.0. The number of amides is 1. The Morgan fingerprint density at radius 2 is 1.45 bits per heavy atom. The van der Waals surface area contributed by atoms with Gasteiger partial charge in [0.25, 0.3) is 0 Å². The first-order chi connectivity index (χ1) is 13.9. The second-order valence-electron chi connectivity index (χ2n) is 6.47. The Hall–Kier alpha value is -2.77. The quantitative estimate of drug-likeness (QED) is 0.598. The highest BCUT2D eigenvalue weighted by Gasteiger charge is 2.29. The predicted octanol–water partition coefficient (Wildman–Crippen LogP) is 4.63. The lowest BCUT2D eigenvalue weighted by atomic mass is 10.2. The van der Waals surface area contributed by atoms with Gasteiger partial charge in [0.15, 0.2) is 0 Å². The first-order valence-corrected chi connectivity index (χ1v) is 11.7. The number of hydrogen-bond acceptors (Lipinski definition) is 4. The van der Waals surface area contributed by atoms with Crippen LogP contribution in [0.25, 0.3) is 0 Å². The van der Waals surface area contributed by atoms with Gasteiger partial charge in [-0.05, 0) is 43.3 Å². The molecule has 1 atom stereocenters. The van der Waals surface area contributed by atoms with E-state index in [0.717, 1.165) is 20.4 Å². The van der Waals surface area contributed by atoms with Gasteiger partial charge >= 0.3 is 0 Å². The van der Waals surface area contributed by atoms with Gasteiger partial charge in [0.2, 0.25) is 15.9 Å². The molecular formula is C22H22N2O3S2. The number of benzene rings is 3. The van der Waals surface area contributed by atoms with E-state index in [1.165, 1.54) is 11.8 Å². The summed E-state index contributed by atoms with van der Waals surface area (Å²) in [5, 5.41) is 2.89. The smallest absolute Gasteiger partial charge is 0.248 e. The maximum absolute atomic E-state index is 13.0. The topological polar surface area (TPSA) is 66.5 Å². The molecule has 5 nitrogen and oxygen atoms in total. The molecule has 1 N–H and O–H groups in total. The number of carbonyl (C=O) groups excluding carboxylic acids is 1. The van der Waals surface area contributed by atoms with Crippen LogP contribution in [0.15, 0.2) is 94.7 Å². The normalized spacial score (nSPS) is 12.2. The summed E-state index contributed by atoms with van der Waals surface area (Å²) in [7, 11) is -3.65. The van der Waals surface area contributed by atoms with Crippen molar-refractivity contribution in [1.29, 1.82) is 0 Å². The largest absolute Gasteiger partial charge is 0.323 e. The number of nitrogens with one attached hydrogen (secondary N) is 1. The molecule has 0 aliphatic heterocycles. The van der Waals surface area contributed by atoms with Crippen molar-refractivity contribution >= 4 is 39.1 Å². The second kappa shape index (κ2) is 9.15. The van der Waals surface area contributed by atoms with Crippen molar-refractivity contribution < 1.29 is 13.2 Å². The van der Waals surface area contributed by atoms with Crippen LogP contribution in [0.2, 0.25) is 0 Å². The van der Waals surface area contributed by atoms with Crippen LogP contribution in [0.5, 0.6) is 0 Å².